The van der Waals surface area contributed by atoms with Crippen molar-refractivity contribution in [1.29, 1.82) is 0 Å². The van der Waals surface area contributed by atoms with Crippen LogP contribution in [0.2, 0.25) is 0 Å². The maximum Gasteiger partial charge on any atom is 0.200 e. The molecule has 0 aromatic heterocycles. The Labute approximate surface area is 378 Å². The van der Waals surface area contributed by atoms with Crippen LogP contribution in [-0.4, -0.2) is 12.8 Å². The molecular weight excluding hydrogens is 991 g/mol. The van der Waals surface area contributed by atoms with Crippen LogP contribution < -0.4 is 26.6 Å². The van der Waals surface area contributed by atoms with Gasteiger partial charge < -0.3 is 4.74 Å². The molecule has 0 saturated heterocycles. The molecule has 0 heterocycles. The minimum atomic E-state index is -7.22. The fourth-order valence-electron chi connectivity index (χ4n) is 7.40. The molecule has 23 heteroatoms. The highest BCUT2D eigenvalue weighted by Crippen LogP contribution is 2.33. The molecule has 1 nitrogen and oxygen atoms in total. The second-order valence-electron chi connectivity index (χ2n) is 14.4. The van der Waals surface area contributed by atoms with Gasteiger partial charge in [-0.25, -0.2) is 87.8 Å². The molecule has 0 spiro atoms. The summed E-state index contributed by atoms with van der Waals surface area (Å²) in [6.07, 6.45) is -4.96. The molecule has 362 valence electrons. The number of benzene rings is 7. The van der Waals surface area contributed by atoms with Crippen molar-refractivity contribution in [2.45, 2.75) is 34.5 Å². The first-order valence-electron chi connectivity index (χ1n) is 19.4. The number of ether oxygens (including phenoxy) is 1. The average molecular weight is 1010 g/mol. The van der Waals surface area contributed by atoms with Crippen LogP contribution in [0, 0.1) is 116 Å². The normalized spacial score (nSPS) is 11.6. The molecule has 0 saturated carbocycles. The van der Waals surface area contributed by atoms with Crippen LogP contribution in [0.3, 0.4) is 0 Å². The summed E-state index contributed by atoms with van der Waals surface area (Å²) in [6, 6.07) is 30.0. The number of halogens is 20. The molecule has 7 rings (SSSR count). The summed E-state index contributed by atoms with van der Waals surface area (Å²) in [7, 11) is -0.0858. The van der Waals surface area contributed by atoms with Crippen LogP contribution in [0.1, 0.15) is 19.8 Å². The van der Waals surface area contributed by atoms with Crippen molar-refractivity contribution in [2.75, 3.05) is 6.61 Å². The highest BCUT2D eigenvalue weighted by Gasteiger charge is 2.52. The first kappa shape index (κ1) is 51.7. The van der Waals surface area contributed by atoms with E-state index in [1.54, 1.807) is 0 Å². The van der Waals surface area contributed by atoms with E-state index in [4.69, 9.17) is 4.74 Å². The van der Waals surface area contributed by atoms with Crippen molar-refractivity contribution in [3.8, 4) is 5.75 Å². The number of rotatable bonds is 11. The van der Waals surface area contributed by atoms with E-state index in [1.165, 1.54) is 14.7 Å². The van der Waals surface area contributed by atoms with Gasteiger partial charge in [0, 0.05) is 0 Å². The predicted octanol–water partition coefficient (Wildman–Crippen LogP) is 11.8. The Balaban J connectivity index is 0.000000273. The van der Waals surface area contributed by atoms with E-state index in [0.29, 0.717) is 0 Å². The Bertz CT molecular complexity index is 2650. The lowest BCUT2D eigenvalue weighted by Crippen LogP contribution is -2.81. The molecular formula is C46H23BF20OS. The zero-order valence-electron chi connectivity index (χ0n) is 34.2. The third-order valence-corrected chi connectivity index (χ3v) is 12.7. The highest BCUT2D eigenvalue weighted by molar-refractivity contribution is 7.97. The molecule has 0 bridgehead atoms. The zero-order chi connectivity index (χ0) is 51.0. The Morgan fingerprint density at radius 2 is 0.551 bits per heavy atom. The first-order valence-corrected chi connectivity index (χ1v) is 20.6. The minimum Gasteiger partial charge on any atom is -0.494 e. The lowest BCUT2D eigenvalue weighted by Gasteiger charge is -2.44. The van der Waals surface area contributed by atoms with Gasteiger partial charge in [-0.2, -0.15) is 0 Å². The van der Waals surface area contributed by atoms with E-state index in [0.717, 1.165) is 25.2 Å². The van der Waals surface area contributed by atoms with Crippen LogP contribution in [-0.2, 0) is 10.9 Å². The molecule has 7 aromatic carbocycles. The SMILES string of the molecule is CCCCOc1ccc([S+](c2ccccc2)c2ccccc2)cc1.Fc1c(F)c(F)c([B-](c2c(F)c(F)c(F)c(F)c2F)(c2c(F)c(F)c(F)c(F)c2F)c2c(F)c(F)c(F)c(F)c2F)c(F)c1F. The van der Waals surface area contributed by atoms with E-state index in [1.807, 2.05) is 0 Å². The summed E-state index contributed by atoms with van der Waals surface area (Å²) >= 11 is 0. The molecule has 0 fully saturated rings. The largest absolute Gasteiger partial charge is 0.494 e. The van der Waals surface area contributed by atoms with Crippen molar-refractivity contribution in [3.05, 3.63) is 201 Å². The van der Waals surface area contributed by atoms with Crippen molar-refractivity contribution < 1.29 is 92.5 Å². The van der Waals surface area contributed by atoms with Crippen LogP contribution >= 0.6 is 0 Å². The van der Waals surface area contributed by atoms with Crippen molar-refractivity contribution in [3.63, 3.8) is 0 Å². The number of hydrogen-bond acceptors (Lipinski definition) is 1. The van der Waals surface area contributed by atoms with Crippen LogP contribution in [0.5, 0.6) is 5.75 Å². The van der Waals surface area contributed by atoms with Gasteiger partial charge in [-0.15, -0.1) is 21.9 Å². The molecule has 69 heavy (non-hydrogen) atoms. The topological polar surface area (TPSA) is 9.23 Å². The summed E-state index contributed by atoms with van der Waals surface area (Å²) in [5, 5.41) is 0. The summed E-state index contributed by atoms with van der Waals surface area (Å²) in [5.74, 6) is -70.4. The van der Waals surface area contributed by atoms with Gasteiger partial charge in [0.1, 0.15) is 58.4 Å². The summed E-state index contributed by atoms with van der Waals surface area (Å²) in [6.45, 7) is 2.97. The zero-order valence-corrected chi connectivity index (χ0v) is 35.0. The Morgan fingerprint density at radius 3 is 0.797 bits per heavy atom. The molecule has 0 amide bonds. The van der Waals surface area contributed by atoms with Gasteiger partial charge in [0.25, 0.3) is 0 Å². The van der Waals surface area contributed by atoms with Crippen molar-refractivity contribution >= 4 is 38.9 Å². The first-order chi connectivity index (χ1) is 32.6. The molecule has 0 N–H and O–H groups in total. The lowest BCUT2D eigenvalue weighted by molar-refractivity contribution is 0.309. The average Bonchev–Trinajstić information content (AvgIpc) is 3.35. The van der Waals surface area contributed by atoms with E-state index in [2.05, 4.69) is 91.9 Å². The predicted molar refractivity (Wildman–Crippen MR) is 211 cm³/mol. The number of hydrogen-bond donors (Lipinski definition) is 0. The minimum absolute atomic E-state index is 0.0858. The molecule has 0 aliphatic heterocycles. The van der Waals surface area contributed by atoms with Gasteiger partial charge in [0.05, 0.1) is 17.5 Å². The second kappa shape index (κ2) is 20.5. The smallest absolute Gasteiger partial charge is 0.200 e. The molecule has 7 aromatic rings. The van der Waals surface area contributed by atoms with E-state index >= 15 is 35.1 Å². The maximum atomic E-state index is 15.4. The fourth-order valence-corrected chi connectivity index (χ4v) is 9.49. The highest BCUT2D eigenvalue weighted by atomic mass is 32.2. The van der Waals surface area contributed by atoms with Crippen LogP contribution in [0.15, 0.2) is 99.6 Å². The van der Waals surface area contributed by atoms with Gasteiger partial charge in [-0.3, -0.25) is 0 Å². The van der Waals surface area contributed by atoms with Gasteiger partial charge in [-0.05, 0) is 55.0 Å². The van der Waals surface area contributed by atoms with Crippen molar-refractivity contribution in [2.24, 2.45) is 0 Å². The summed E-state index contributed by atoms with van der Waals surface area (Å²) < 4.78 is 300. The lowest BCUT2D eigenvalue weighted by atomic mass is 9.12. The van der Waals surface area contributed by atoms with E-state index in [-0.39, 0.29) is 10.9 Å². The molecule has 0 aliphatic rings. The van der Waals surface area contributed by atoms with E-state index in [9.17, 15) is 52.7 Å². The standard InChI is InChI=1S/C24BF20.C22H23OS/c26-5-1(6(27)14(35)21(42)13(5)34)25(2-7(28)15(36)22(43)16(37)8(2)29,3-9(30)17(38)23(44)18(39)10(3)31)4-11(32)19(40)24(45)20(41)12(4)33;1-2-3-18-23-19-14-16-22(17-15-19)24(20-10-6-4-7-11-20)21-12-8-5-9-13-21/h;4-17H,2-3,18H2,1H3/q-1;+1. The molecule has 0 unspecified atom stereocenters. The Morgan fingerprint density at radius 1 is 0.319 bits per heavy atom. The van der Waals surface area contributed by atoms with Crippen LogP contribution in [0.4, 0.5) is 87.8 Å². The monoisotopic (exact) mass is 1010 g/mol. The quantitative estimate of drug-likeness (QED) is 0.0313. The summed E-state index contributed by atoms with van der Waals surface area (Å²) in [5.41, 5.74) is -14.3. The van der Waals surface area contributed by atoms with Crippen molar-refractivity contribution in [1.82, 2.24) is 0 Å². The Kier molecular flexibility index (Phi) is 15.4. The second-order valence-corrected chi connectivity index (χ2v) is 16.4. The summed E-state index contributed by atoms with van der Waals surface area (Å²) in [4.78, 5) is 3.99. The maximum absolute atomic E-state index is 15.4. The molecule has 0 radical (unpaired) electrons. The number of unbranched alkanes of at least 4 members (excludes halogenated alkanes) is 1. The van der Waals surface area contributed by atoms with Gasteiger partial charge in [-0.1, -0.05) is 49.7 Å². The van der Waals surface area contributed by atoms with Gasteiger partial charge in [0.2, 0.25) is 0 Å². The molecule has 0 aliphatic carbocycles. The molecule has 0 atom stereocenters. The van der Waals surface area contributed by atoms with E-state index < -0.39 is 144 Å². The fraction of sp³-hybridized carbons (Fsp3) is 0.0870. The Hall–Kier alpha value is -6.65. The third-order valence-electron chi connectivity index (χ3n) is 10.5. The third kappa shape index (κ3) is 8.84. The van der Waals surface area contributed by atoms with Crippen LogP contribution in [0.25, 0.3) is 0 Å². The van der Waals surface area contributed by atoms with Gasteiger partial charge in [0.15, 0.2) is 84.5 Å². The van der Waals surface area contributed by atoms with Gasteiger partial charge >= 0.3 is 0 Å².